The van der Waals surface area contributed by atoms with Gasteiger partial charge in [-0.25, -0.2) is 0 Å². The molecule has 3 rings (SSSR count). The second kappa shape index (κ2) is 5.38. The van der Waals surface area contributed by atoms with Crippen LogP contribution in [0.2, 0.25) is 0 Å². The van der Waals surface area contributed by atoms with Crippen LogP contribution < -0.4 is 5.56 Å². The normalized spacial score (nSPS) is 13.2. The topological polar surface area (TPSA) is 89.6 Å². The van der Waals surface area contributed by atoms with Crippen LogP contribution in [0.15, 0.2) is 39.8 Å². The third kappa shape index (κ3) is 3.00. The minimum absolute atomic E-state index is 0.0709. The van der Waals surface area contributed by atoms with Gasteiger partial charge in [0.25, 0.3) is 5.89 Å². The molecule has 0 radical (unpaired) electrons. The molecule has 1 N–H and O–H groups in total. The van der Waals surface area contributed by atoms with Gasteiger partial charge in [0, 0.05) is 12.3 Å². The monoisotopic (exact) mass is 325 g/mol. The van der Waals surface area contributed by atoms with Crippen LogP contribution in [-0.4, -0.2) is 24.9 Å². The minimum atomic E-state index is -4.52. The number of aromatic nitrogens is 5. The highest BCUT2D eigenvalue weighted by Gasteiger charge is 2.34. The first-order chi connectivity index (χ1) is 10.8. The van der Waals surface area contributed by atoms with Crippen molar-refractivity contribution in [3.8, 4) is 11.5 Å². The maximum absolute atomic E-state index is 12.6. The molecular formula is C13H10F3N5O2. The number of alkyl halides is 3. The predicted octanol–water partition coefficient (Wildman–Crippen LogP) is 2.25. The molecule has 0 spiro atoms. The van der Waals surface area contributed by atoms with E-state index >= 15 is 0 Å². The molecule has 0 fully saturated rings. The fourth-order valence-corrected chi connectivity index (χ4v) is 1.91. The van der Waals surface area contributed by atoms with Crippen LogP contribution in [0, 0.1) is 0 Å². The fourth-order valence-electron chi connectivity index (χ4n) is 1.91. The Morgan fingerprint density at radius 3 is 2.74 bits per heavy atom. The first kappa shape index (κ1) is 15.0. The Bertz CT molecular complexity index is 880. The summed E-state index contributed by atoms with van der Waals surface area (Å²) in [5.74, 6) is 0.203. The molecule has 0 bridgehead atoms. The molecule has 120 valence electrons. The molecule has 10 heteroatoms. The first-order valence-electron chi connectivity index (χ1n) is 6.50. The molecule has 0 aliphatic carbocycles. The second-order valence-electron chi connectivity index (χ2n) is 4.74. The van der Waals surface area contributed by atoms with E-state index in [0.29, 0.717) is 5.69 Å². The summed E-state index contributed by atoms with van der Waals surface area (Å²) < 4.78 is 43.8. The van der Waals surface area contributed by atoms with Crippen molar-refractivity contribution in [2.75, 3.05) is 0 Å². The summed E-state index contributed by atoms with van der Waals surface area (Å²) in [7, 11) is 0. The number of pyridine rings is 1. The van der Waals surface area contributed by atoms with E-state index in [-0.39, 0.29) is 17.3 Å². The zero-order valence-electron chi connectivity index (χ0n) is 11.7. The van der Waals surface area contributed by atoms with E-state index in [0.717, 1.165) is 10.7 Å². The lowest BCUT2D eigenvalue weighted by Gasteiger charge is -2.07. The summed E-state index contributed by atoms with van der Waals surface area (Å²) in [5, 5.41) is 7.17. The van der Waals surface area contributed by atoms with Gasteiger partial charge < -0.3 is 9.51 Å². The number of aromatic amines is 1. The average Bonchev–Trinajstić information content (AvgIpc) is 3.16. The molecule has 0 saturated carbocycles. The van der Waals surface area contributed by atoms with Gasteiger partial charge >= 0.3 is 6.18 Å². The number of nitrogens with one attached hydrogen (secondary N) is 1. The van der Waals surface area contributed by atoms with Gasteiger partial charge in [-0.1, -0.05) is 11.2 Å². The van der Waals surface area contributed by atoms with Gasteiger partial charge in [0.05, 0.1) is 5.69 Å². The van der Waals surface area contributed by atoms with Crippen LogP contribution in [0.3, 0.4) is 0 Å². The Morgan fingerprint density at radius 2 is 2.09 bits per heavy atom. The van der Waals surface area contributed by atoms with E-state index in [2.05, 4.69) is 20.2 Å². The first-order valence-corrected chi connectivity index (χ1v) is 6.50. The minimum Gasteiger partial charge on any atom is -0.337 e. The number of hydrogen-bond acceptors (Lipinski definition) is 5. The Morgan fingerprint density at radius 1 is 1.30 bits per heavy atom. The SMILES string of the molecule is CC(c1nc(-c2cccc(=O)[nH]2)no1)n1ccc(C(F)(F)F)n1. The maximum Gasteiger partial charge on any atom is 0.435 e. The summed E-state index contributed by atoms with van der Waals surface area (Å²) in [4.78, 5) is 17.9. The van der Waals surface area contributed by atoms with Gasteiger partial charge in [-0.05, 0) is 19.1 Å². The summed E-state index contributed by atoms with van der Waals surface area (Å²) in [6.07, 6.45) is -3.34. The molecule has 0 aliphatic rings. The zero-order valence-corrected chi connectivity index (χ0v) is 11.7. The Balaban J connectivity index is 1.88. The average molecular weight is 325 g/mol. The maximum atomic E-state index is 12.6. The number of halogens is 3. The molecule has 0 saturated heterocycles. The lowest BCUT2D eigenvalue weighted by Crippen LogP contribution is -2.11. The fraction of sp³-hybridized carbons (Fsp3) is 0.231. The van der Waals surface area contributed by atoms with Crippen molar-refractivity contribution in [3.63, 3.8) is 0 Å². The highest BCUT2D eigenvalue weighted by atomic mass is 19.4. The summed E-state index contributed by atoms with van der Waals surface area (Å²) >= 11 is 0. The lowest BCUT2D eigenvalue weighted by atomic mass is 10.3. The third-order valence-corrected chi connectivity index (χ3v) is 3.10. The highest BCUT2D eigenvalue weighted by Crippen LogP contribution is 2.28. The molecule has 3 aromatic rings. The van der Waals surface area contributed by atoms with Crippen LogP contribution in [0.5, 0.6) is 0 Å². The zero-order chi connectivity index (χ0) is 16.6. The van der Waals surface area contributed by atoms with Crippen LogP contribution in [-0.2, 0) is 6.18 Å². The molecule has 1 unspecified atom stereocenters. The van der Waals surface area contributed by atoms with Gasteiger partial charge in [0.1, 0.15) is 6.04 Å². The third-order valence-electron chi connectivity index (χ3n) is 3.10. The van der Waals surface area contributed by atoms with Crippen LogP contribution in [0.1, 0.15) is 24.6 Å². The van der Waals surface area contributed by atoms with Crippen molar-refractivity contribution in [1.29, 1.82) is 0 Å². The van der Waals surface area contributed by atoms with E-state index in [1.54, 1.807) is 13.0 Å². The van der Waals surface area contributed by atoms with Crippen molar-refractivity contribution in [2.24, 2.45) is 0 Å². The van der Waals surface area contributed by atoms with Crippen molar-refractivity contribution in [3.05, 3.63) is 52.4 Å². The number of nitrogens with zero attached hydrogens (tertiary/aromatic N) is 4. The molecule has 1 atom stereocenters. The molecule has 7 nitrogen and oxygen atoms in total. The molecular weight excluding hydrogens is 315 g/mol. The highest BCUT2D eigenvalue weighted by molar-refractivity contribution is 5.47. The van der Waals surface area contributed by atoms with Gasteiger partial charge in [-0.15, -0.1) is 0 Å². The van der Waals surface area contributed by atoms with Gasteiger partial charge in [-0.3, -0.25) is 9.48 Å². The number of hydrogen-bond donors (Lipinski definition) is 1. The van der Waals surface area contributed by atoms with E-state index < -0.39 is 17.9 Å². The Hall–Kier alpha value is -2.91. The van der Waals surface area contributed by atoms with Crippen molar-refractivity contribution >= 4 is 0 Å². The molecule has 0 aromatic carbocycles. The van der Waals surface area contributed by atoms with Crippen LogP contribution in [0.25, 0.3) is 11.5 Å². The van der Waals surface area contributed by atoms with E-state index in [4.69, 9.17) is 4.52 Å². The molecule has 3 heterocycles. The molecule has 3 aromatic heterocycles. The smallest absolute Gasteiger partial charge is 0.337 e. The predicted molar refractivity (Wildman–Crippen MR) is 71.4 cm³/mol. The lowest BCUT2D eigenvalue weighted by molar-refractivity contribution is -0.141. The second-order valence-corrected chi connectivity index (χ2v) is 4.74. The van der Waals surface area contributed by atoms with Crippen molar-refractivity contribution < 1.29 is 17.7 Å². The Labute approximate surface area is 126 Å². The van der Waals surface area contributed by atoms with Gasteiger partial charge in [0.2, 0.25) is 11.4 Å². The van der Waals surface area contributed by atoms with E-state index in [9.17, 15) is 18.0 Å². The number of H-pyrrole nitrogens is 1. The van der Waals surface area contributed by atoms with Crippen LogP contribution in [0.4, 0.5) is 13.2 Å². The van der Waals surface area contributed by atoms with Gasteiger partial charge in [0.15, 0.2) is 5.69 Å². The summed E-state index contributed by atoms with van der Waals surface area (Å²) in [5.41, 5.74) is -0.989. The summed E-state index contributed by atoms with van der Waals surface area (Å²) in [6.45, 7) is 1.57. The summed E-state index contributed by atoms with van der Waals surface area (Å²) in [6, 6.07) is 4.60. The van der Waals surface area contributed by atoms with E-state index in [1.807, 2.05) is 0 Å². The quantitative estimate of drug-likeness (QED) is 0.798. The number of rotatable bonds is 3. The van der Waals surface area contributed by atoms with Crippen molar-refractivity contribution in [2.45, 2.75) is 19.1 Å². The molecule has 23 heavy (non-hydrogen) atoms. The van der Waals surface area contributed by atoms with Crippen LogP contribution >= 0.6 is 0 Å². The molecule has 0 aliphatic heterocycles. The molecule has 0 amide bonds. The van der Waals surface area contributed by atoms with E-state index in [1.165, 1.54) is 18.3 Å². The largest absolute Gasteiger partial charge is 0.435 e. The van der Waals surface area contributed by atoms with Gasteiger partial charge in [-0.2, -0.15) is 23.3 Å². The van der Waals surface area contributed by atoms with Crippen molar-refractivity contribution in [1.82, 2.24) is 24.9 Å². The standard InChI is InChI=1S/C13H10F3N5O2/c1-7(21-6-5-9(19-21)13(14,15)16)12-18-11(20-23-12)8-3-2-4-10(22)17-8/h2-7H,1H3,(H,17,22). The Kier molecular flexibility index (Phi) is 3.51.